The Balaban J connectivity index is 1.94. The average Bonchev–Trinajstić information content (AvgIpc) is 2.70. The van der Waals surface area contributed by atoms with Crippen molar-refractivity contribution in [2.75, 3.05) is 17.6 Å². The topological polar surface area (TPSA) is 108 Å². The molecule has 0 amide bonds. The lowest BCUT2D eigenvalue weighted by atomic mass is 10.0. The summed E-state index contributed by atoms with van der Waals surface area (Å²) in [6.07, 6.45) is 0. The summed E-state index contributed by atoms with van der Waals surface area (Å²) in [5.41, 5.74) is 6.88. The van der Waals surface area contributed by atoms with Gasteiger partial charge in [0.1, 0.15) is 0 Å². The number of rotatable bonds is 7. The maximum atomic E-state index is 12.8. The van der Waals surface area contributed by atoms with E-state index in [1.807, 2.05) is 0 Å². The van der Waals surface area contributed by atoms with Crippen LogP contribution in [0.3, 0.4) is 0 Å². The van der Waals surface area contributed by atoms with Crippen molar-refractivity contribution in [3.8, 4) is 5.75 Å². The van der Waals surface area contributed by atoms with Crippen LogP contribution in [0.2, 0.25) is 0 Å². The number of nitrogens with two attached hydrogens (primary N) is 1. The van der Waals surface area contributed by atoms with Gasteiger partial charge in [-0.15, -0.1) is 0 Å². The smallest absolute Gasteiger partial charge is 0.261 e. The van der Waals surface area contributed by atoms with Gasteiger partial charge in [0.2, 0.25) is 0 Å². The highest BCUT2D eigenvalue weighted by atomic mass is 32.2. The van der Waals surface area contributed by atoms with E-state index in [1.54, 1.807) is 30.3 Å². The fraction of sp³-hybridized carbons (Fsp3) is 0.0500. The molecule has 0 heterocycles. The van der Waals surface area contributed by atoms with Gasteiger partial charge in [-0.1, -0.05) is 30.3 Å². The summed E-state index contributed by atoms with van der Waals surface area (Å²) in [4.78, 5) is 22.2. The van der Waals surface area contributed by atoms with Crippen molar-refractivity contribution in [2.45, 2.75) is 4.90 Å². The number of carbonyl (C=O) groups is 1. The summed E-state index contributed by atoms with van der Waals surface area (Å²) in [5.74, 6) is 0.0170. The van der Waals surface area contributed by atoms with E-state index < -0.39 is 10.0 Å². The molecule has 0 aliphatic carbocycles. The quantitative estimate of drug-likeness (QED) is 0.274. The second kappa shape index (κ2) is 8.12. The van der Waals surface area contributed by atoms with Crippen LogP contribution in [0.1, 0.15) is 15.9 Å². The molecule has 144 valence electrons. The highest BCUT2D eigenvalue weighted by Gasteiger charge is 2.20. The normalized spacial score (nSPS) is 11.0. The Kier molecular flexibility index (Phi) is 5.62. The monoisotopic (exact) mass is 398 g/mol. The van der Waals surface area contributed by atoms with Gasteiger partial charge < -0.3 is 10.6 Å². The number of benzene rings is 3. The molecular weight excluding hydrogens is 380 g/mol. The van der Waals surface area contributed by atoms with Crippen molar-refractivity contribution in [3.05, 3.63) is 83.9 Å². The first-order valence-electron chi connectivity index (χ1n) is 8.23. The van der Waals surface area contributed by atoms with Crippen LogP contribution in [-0.4, -0.2) is 21.3 Å². The molecule has 8 heteroatoms. The minimum atomic E-state index is -3.94. The first kappa shape index (κ1) is 19.4. The predicted molar refractivity (Wildman–Crippen MR) is 106 cm³/mol. The summed E-state index contributed by atoms with van der Waals surface area (Å²) in [5, 5.41) is 0. The number of carbonyl (C=O) groups excluding carboxylic acids is 1. The molecular formula is C20H18N2O5S. The van der Waals surface area contributed by atoms with Crippen LogP contribution < -0.4 is 15.3 Å². The van der Waals surface area contributed by atoms with E-state index in [4.69, 9.17) is 10.6 Å². The van der Waals surface area contributed by atoms with E-state index in [0.29, 0.717) is 17.0 Å². The van der Waals surface area contributed by atoms with Gasteiger partial charge in [-0.25, -0.2) is 8.42 Å². The van der Waals surface area contributed by atoms with E-state index in [-0.39, 0.29) is 21.9 Å². The molecule has 0 aliphatic heterocycles. The SMILES string of the molecule is COOc1ccc(S(=O)(=O)Nc2ccc(N)cc2C(=O)c2ccccc2)cc1. The minimum Gasteiger partial charge on any atom is -0.399 e. The fourth-order valence-electron chi connectivity index (χ4n) is 2.56. The Morgan fingerprint density at radius 1 is 0.964 bits per heavy atom. The molecule has 0 fully saturated rings. The third kappa shape index (κ3) is 4.30. The maximum absolute atomic E-state index is 12.8. The van der Waals surface area contributed by atoms with Crippen molar-refractivity contribution < 1.29 is 23.0 Å². The second-order valence-corrected chi connectivity index (χ2v) is 7.51. The van der Waals surface area contributed by atoms with E-state index in [1.165, 1.54) is 49.6 Å². The van der Waals surface area contributed by atoms with Crippen LogP contribution in [0.5, 0.6) is 5.75 Å². The molecule has 0 saturated carbocycles. The predicted octanol–water partition coefficient (Wildman–Crippen LogP) is 3.24. The largest absolute Gasteiger partial charge is 0.399 e. The molecule has 7 nitrogen and oxygen atoms in total. The zero-order valence-corrected chi connectivity index (χ0v) is 15.8. The van der Waals surface area contributed by atoms with Crippen molar-refractivity contribution in [3.63, 3.8) is 0 Å². The molecule has 3 aromatic carbocycles. The molecule has 0 radical (unpaired) electrons. The maximum Gasteiger partial charge on any atom is 0.261 e. The lowest BCUT2D eigenvalue weighted by Crippen LogP contribution is -2.16. The molecule has 0 atom stereocenters. The third-order valence-electron chi connectivity index (χ3n) is 3.88. The Labute approximate surface area is 162 Å². The zero-order chi connectivity index (χ0) is 20.1. The molecule has 0 aliphatic rings. The lowest BCUT2D eigenvalue weighted by molar-refractivity contribution is -0.178. The van der Waals surface area contributed by atoms with Crippen molar-refractivity contribution in [1.29, 1.82) is 0 Å². The summed E-state index contributed by atoms with van der Waals surface area (Å²) >= 11 is 0. The summed E-state index contributed by atoms with van der Waals surface area (Å²) < 4.78 is 27.9. The number of sulfonamides is 1. The van der Waals surface area contributed by atoms with Crippen molar-refractivity contribution in [1.82, 2.24) is 0 Å². The van der Waals surface area contributed by atoms with E-state index in [9.17, 15) is 13.2 Å². The third-order valence-corrected chi connectivity index (χ3v) is 5.26. The van der Waals surface area contributed by atoms with Gasteiger partial charge >= 0.3 is 0 Å². The molecule has 0 spiro atoms. The number of ketones is 1. The van der Waals surface area contributed by atoms with E-state index in [2.05, 4.69) is 9.61 Å². The van der Waals surface area contributed by atoms with Gasteiger partial charge in [0, 0.05) is 16.8 Å². The number of hydrogen-bond donors (Lipinski definition) is 2. The van der Waals surface area contributed by atoms with E-state index in [0.717, 1.165) is 0 Å². The molecule has 3 aromatic rings. The number of hydrogen-bond acceptors (Lipinski definition) is 6. The molecule has 0 unspecified atom stereocenters. The summed E-state index contributed by atoms with van der Waals surface area (Å²) in [6.45, 7) is 0. The average molecular weight is 398 g/mol. The number of nitrogens with one attached hydrogen (secondary N) is 1. The first-order valence-corrected chi connectivity index (χ1v) is 9.72. The van der Waals surface area contributed by atoms with E-state index >= 15 is 0 Å². The Hall–Kier alpha value is -3.36. The summed E-state index contributed by atoms with van der Waals surface area (Å²) in [7, 11) is -2.59. The van der Waals surface area contributed by atoms with Crippen LogP contribution >= 0.6 is 0 Å². The zero-order valence-electron chi connectivity index (χ0n) is 15.0. The van der Waals surface area contributed by atoms with Gasteiger partial charge in [-0.05, 0) is 42.5 Å². The van der Waals surface area contributed by atoms with Gasteiger partial charge in [0.25, 0.3) is 10.0 Å². The van der Waals surface area contributed by atoms with Gasteiger partial charge in [-0.2, -0.15) is 4.89 Å². The molecule has 28 heavy (non-hydrogen) atoms. The van der Waals surface area contributed by atoms with Crippen molar-refractivity contribution in [2.24, 2.45) is 0 Å². The first-order chi connectivity index (χ1) is 13.4. The number of nitrogen functional groups attached to an aromatic ring is 1. The molecule has 0 aromatic heterocycles. The van der Waals surface area contributed by atoms with Gasteiger partial charge in [-0.3, -0.25) is 9.52 Å². The second-order valence-electron chi connectivity index (χ2n) is 5.83. The van der Waals surface area contributed by atoms with Gasteiger partial charge in [0.05, 0.1) is 17.7 Å². The highest BCUT2D eigenvalue weighted by molar-refractivity contribution is 7.92. The fourth-order valence-corrected chi connectivity index (χ4v) is 3.64. The molecule has 0 saturated heterocycles. The van der Waals surface area contributed by atoms with Crippen LogP contribution in [0.4, 0.5) is 11.4 Å². The molecule has 0 bridgehead atoms. The molecule has 3 N–H and O–H groups in total. The molecule has 3 rings (SSSR count). The standard InChI is InChI=1S/C20H18N2O5S/c1-26-27-16-8-10-17(11-9-16)28(24,25)22-19-12-7-15(21)13-18(19)20(23)14-5-3-2-4-6-14/h2-13,22H,21H2,1H3. The number of anilines is 2. The van der Waals surface area contributed by atoms with Crippen LogP contribution in [0, 0.1) is 0 Å². The van der Waals surface area contributed by atoms with Crippen molar-refractivity contribution >= 4 is 27.2 Å². The summed E-state index contributed by atoms with van der Waals surface area (Å²) in [6, 6.07) is 18.6. The minimum absolute atomic E-state index is 0.00545. The lowest BCUT2D eigenvalue weighted by Gasteiger charge is -2.13. The Morgan fingerprint density at radius 2 is 1.64 bits per heavy atom. The van der Waals surface area contributed by atoms with Gasteiger partial charge in [0.15, 0.2) is 11.5 Å². The van der Waals surface area contributed by atoms with Crippen LogP contribution in [0.15, 0.2) is 77.7 Å². The Bertz CT molecular complexity index is 1080. The Morgan fingerprint density at radius 3 is 2.29 bits per heavy atom. The van der Waals surface area contributed by atoms with Crippen LogP contribution in [-0.2, 0) is 14.9 Å². The van der Waals surface area contributed by atoms with Crippen LogP contribution in [0.25, 0.3) is 0 Å². The highest BCUT2D eigenvalue weighted by Crippen LogP contribution is 2.26.